The second-order valence-electron chi connectivity index (χ2n) is 7.31. The predicted octanol–water partition coefficient (Wildman–Crippen LogP) is 2.78. The summed E-state index contributed by atoms with van der Waals surface area (Å²) in [7, 11) is 3.79. The Kier molecular flexibility index (Phi) is 5.78. The number of hydrogen-bond acceptors (Lipinski definition) is 7. The Morgan fingerprint density at radius 3 is 2.89 bits per heavy atom. The zero-order chi connectivity index (χ0) is 19.4. The van der Waals surface area contributed by atoms with Crippen molar-refractivity contribution in [2.45, 2.75) is 51.2 Å². The van der Waals surface area contributed by atoms with Gasteiger partial charge in [-0.1, -0.05) is 0 Å². The molecule has 1 aliphatic carbocycles. The number of carbonyl (C=O) groups is 1. The molecule has 0 saturated heterocycles. The quantitative estimate of drug-likeness (QED) is 0.714. The summed E-state index contributed by atoms with van der Waals surface area (Å²) in [5.74, 6) is 2.32. The van der Waals surface area contributed by atoms with Gasteiger partial charge in [0.25, 0.3) is 0 Å². The van der Waals surface area contributed by atoms with Gasteiger partial charge in [-0.3, -0.25) is 5.10 Å². The normalized spacial score (nSPS) is 19.1. The summed E-state index contributed by atoms with van der Waals surface area (Å²) in [6.45, 7) is 3.83. The third-order valence-electron chi connectivity index (χ3n) is 4.40. The molecule has 2 atom stereocenters. The van der Waals surface area contributed by atoms with E-state index in [0.717, 1.165) is 25.0 Å². The summed E-state index contributed by atoms with van der Waals surface area (Å²) in [5, 5.41) is 13.4. The molecule has 1 amide bonds. The summed E-state index contributed by atoms with van der Waals surface area (Å²) in [5.41, 5.74) is 1.04. The van der Waals surface area contributed by atoms with Crippen molar-refractivity contribution in [2.24, 2.45) is 0 Å². The average molecular weight is 373 g/mol. The summed E-state index contributed by atoms with van der Waals surface area (Å²) in [6, 6.07) is 3.86. The number of ether oxygens (including phenoxy) is 1. The molecule has 0 radical (unpaired) electrons. The number of alkyl carbamates (subject to hydrolysis) is 1. The molecule has 3 rings (SSSR count). The smallest absolute Gasteiger partial charge is 0.407 e. The first-order valence-electron chi connectivity index (χ1n) is 9.20. The minimum atomic E-state index is -0.344. The van der Waals surface area contributed by atoms with Crippen LogP contribution in [0, 0.1) is 0 Å². The molecule has 9 nitrogen and oxygen atoms in total. The van der Waals surface area contributed by atoms with Gasteiger partial charge in [-0.25, -0.2) is 9.78 Å². The van der Waals surface area contributed by atoms with Gasteiger partial charge in [0.1, 0.15) is 11.9 Å². The van der Waals surface area contributed by atoms with Gasteiger partial charge in [-0.2, -0.15) is 10.1 Å². The molecule has 0 bridgehead atoms. The minimum absolute atomic E-state index is 0.0574. The van der Waals surface area contributed by atoms with E-state index in [1.807, 2.05) is 38.9 Å². The topological polar surface area (TPSA) is 108 Å². The van der Waals surface area contributed by atoms with Gasteiger partial charge in [0, 0.05) is 44.0 Å². The Bertz CT molecular complexity index is 775. The summed E-state index contributed by atoms with van der Waals surface area (Å²) >= 11 is 0. The molecule has 27 heavy (non-hydrogen) atoms. The molecule has 0 aliphatic heterocycles. The molecule has 0 aromatic carbocycles. The van der Waals surface area contributed by atoms with Crippen LogP contribution in [0.1, 0.15) is 44.7 Å². The SMILES string of the molecule is CC(C)NC(=O)O[C@@H]1CC[C@H](c2cc(Nc3ccnc(N(C)C)n3)n[nH]2)C1. The number of amides is 1. The lowest BCUT2D eigenvalue weighted by molar-refractivity contribution is 0.0981. The van der Waals surface area contributed by atoms with Crippen molar-refractivity contribution >= 4 is 23.7 Å². The molecule has 2 aromatic rings. The van der Waals surface area contributed by atoms with Crippen LogP contribution in [-0.2, 0) is 4.74 Å². The van der Waals surface area contributed by atoms with Gasteiger partial charge in [0.05, 0.1) is 0 Å². The Balaban J connectivity index is 1.57. The van der Waals surface area contributed by atoms with Crippen LogP contribution in [-0.4, -0.2) is 52.5 Å². The highest BCUT2D eigenvalue weighted by molar-refractivity contribution is 5.67. The molecule has 0 spiro atoms. The lowest BCUT2D eigenvalue weighted by Gasteiger charge is -2.14. The molecule has 3 N–H and O–H groups in total. The molecule has 1 saturated carbocycles. The van der Waals surface area contributed by atoms with Crippen LogP contribution in [0.4, 0.5) is 22.4 Å². The van der Waals surface area contributed by atoms with Crippen LogP contribution in [0.25, 0.3) is 0 Å². The van der Waals surface area contributed by atoms with Crippen LogP contribution >= 0.6 is 0 Å². The van der Waals surface area contributed by atoms with Crippen LogP contribution in [0.3, 0.4) is 0 Å². The number of rotatable bonds is 6. The van der Waals surface area contributed by atoms with Crippen LogP contribution in [0.15, 0.2) is 18.3 Å². The van der Waals surface area contributed by atoms with Gasteiger partial charge in [-0.05, 0) is 39.2 Å². The second kappa shape index (κ2) is 8.24. The molecule has 146 valence electrons. The Labute approximate surface area is 158 Å². The van der Waals surface area contributed by atoms with Crippen LogP contribution in [0.5, 0.6) is 0 Å². The first-order chi connectivity index (χ1) is 12.9. The number of aromatic amines is 1. The molecule has 1 fully saturated rings. The predicted molar refractivity (Wildman–Crippen MR) is 103 cm³/mol. The molecule has 1 aliphatic rings. The summed E-state index contributed by atoms with van der Waals surface area (Å²) in [4.78, 5) is 22.2. The van der Waals surface area contributed by atoms with Crippen LogP contribution in [0.2, 0.25) is 0 Å². The van der Waals surface area contributed by atoms with Gasteiger partial charge in [0.15, 0.2) is 5.82 Å². The number of carbonyl (C=O) groups excluding carboxylic acids is 1. The van der Waals surface area contributed by atoms with E-state index in [9.17, 15) is 4.79 Å². The van der Waals surface area contributed by atoms with E-state index in [2.05, 4.69) is 30.8 Å². The maximum atomic E-state index is 11.8. The van der Waals surface area contributed by atoms with E-state index in [4.69, 9.17) is 4.74 Å². The lowest BCUT2D eigenvalue weighted by atomic mass is 10.0. The number of nitrogens with one attached hydrogen (secondary N) is 3. The molecule has 0 unspecified atom stereocenters. The largest absolute Gasteiger partial charge is 0.446 e. The van der Waals surface area contributed by atoms with E-state index in [1.165, 1.54) is 0 Å². The van der Waals surface area contributed by atoms with E-state index in [0.29, 0.717) is 23.5 Å². The van der Waals surface area contributed by atoms with E-state index >= 15 is 0 Å². The van der Waals surface area contributed by atoms with Gasteiger partial charge >= 0.3 is 6.09 Å². The third kappa shape index (κ3) is 5.08. The molecular formula is C18H27N7O2. The molecule has 2 heterocycles. The minimum Gasteiger partial charge on any atom is -0.446 e. The van der Waals surface area contributed by atoms with Crippen molar-refractivity contribution in [1.29, 1.82) is 0 Å². The second-order valence-corrected chi connectivity index (χ2v) is 7.31. The highest BCUT2D eigenvalue weighted by Crippen LogP contribution is 2.36. The zero-order valence-electron chi connectivity index (χ0n) is 16.2. The maximum absolute atomic E-state index is 11.8. The number of hydrogen-bond donors (Lipinski definition) is 3. The third-order valence-corrected chi connectivity index (χ3v) is 4.40. The molecular weight excluding hydrogens is 346 g/mol. The van der Waals surface area contributed by atoms with Crippen molar-refractivity contribution in [3.63, 3.8) is 0 Å². The number of nitrogens with zero attached hydrogens (tertiary/aromatic N) is 4. The van der Waals surface area contributed by atoms with Crippen molar-refractivity contribution in [1.82, 2.24) is 25.5 Å². The first kappa shape index (κ1) is 18.9. The lowest BCUT2D eigenvalue weighted by Crippen LogP contribution is -2.33. The number of aromatic nitrogens is 4. The van der Waals surface area contributed by atoms with Gasteiger partial charge < -0.3 is 20.3 Å². The van der Waals surface area contributed by atoms with Gasteiger partial charge in [-0.15, -0.1) is 0 Å². The standard InChI is InChI=1S/C18H27N7O2/c1-11(2)20-18(26)27-13-6-5-12(9-13)14-10-16(24-23-14)21-15-7-8-19-17(22-15)25(3)4/h7-8,10-13H,5-6,9H2,1-4H3,(H,20,26)(H2,19,21,22,23,24)/t12-,13+/m0/s1. The fourth-order valence-electron chi connectivity index (χ4n) is 3.13. The Morgan fingerprint density at radius 1 is 1.33 bits per heavy atom. The number of anilines is 3. The van der Waals surface area contributed by atoms with E-state index in [-0.39, 0.29) is 18.2 Å². The van der Waals surface area contributed by atoms with E-state index in [1.54, 1.807) is 12.3 Å². The van der Waals surface area contributed by atoms with Crippen molar-refractivity contribution in [3.05, 3.63) is 24.0 Å². The fraction of sp³-hybridized carbons (Fsp3) is 0.556. The Morgan fingerprint density at radius 2 is 2.15 bits per heavy atom. The zero-order valence-corrected chi connectivity index (χ0v) is 16.2. The monoisotopic (exact) mass is 373 g/mol. The van der Waals surface area contributed by atoms with Crippen LogP contribution < -0.4 is 15.5 Å². The summed E-state index contributed by atoms with van der Waals surface area (Å²) < 4.78 is 5.49. The highest BCUT2D eigenvalue weighted by Gasteiger charge is 2.30. The number of H-pyrrole nitrogens is 1. The molecule has 2 aromatic heterocycles. The van der Waals surface area contributed by atoms with Gasteiger partial charge in [0.2, 0.25) is 5.95 Å². The van der Waals surface area contributed by atoms with Crippen molar-refractivity contribution in [2.75, 3.05) is 24.3 Å². The maximum Gasteiger partial charge on any atom is 0.407 e. The molecule has 9 heteroatoms. The Hall–Kier alpha value is -2.84. The average Bonchev–Trinajstić information content (AvgIpc) is 3.23. The van der Waals surface area contributed by atoms with Crippen molar-refractivity contribution in [3.8, 4) is 0 Å². The van der Waals surface area contributed by atoms with E-state index < -0.39 is 0 Å². The first-order valence-corrected chi connectivity index (χ1v) is 9.20. The fourth-order valence-corrected chi connectivity index (χ4v) is 3.13. The highest BCUT2D eigenvalue weighted by atomic mass is 16.6. The van der Waals surface area contributed by atoms with Crippen molar-refractivity contribution < 1.29 is 9.53 Å². The summed E-state index contributed by atoms with van der Waals surface area (Å²) in [6.07, 6.45) is 3.92.